The highest BCUT2D eigenvalue weighted by molar-refractivity contribution is 5.89. The molecule has 5 nitrogen and oxygen atoms in total. The first-order valence-corrected chi connectivity index (χ1v) is 9.70. The summed E-state index contributed by atoms with van der Waals surface area (Å²) in [6, 6.07) is 14.4. The number of nitrogens with one attached hydrogen (secondary N) is 2. The van der Waals surface area contributed by atoms with Crippen molar-refractivity contribution in [2.24, 2.45) is 5.92 Å². The maximum Gasteiger partial charge on any atom is 0.321 e. The van der Waals surface area contributed by atoms with Crippen LogP contribution in [0.1, 0.15) is 36.0 Å². The normalized spacial score (nSPS) is 21.2. The van der Waals surface area contributed by atoms with Gasteiger partial charge in [-0.25, -0.2) is 4.79 Å². The Bertz CT molecular complexity index is 819. The van der Waals surface area contributed by atoms with Crippen molar-refractivity contribution in [1.29, 1.82) is 0 Å². The maximum absolute atomic E-state index is 12.8. The minimum absolute atomic E-state index is 0.00429. The molecule has 4 rings (SSSR count). The second-order valence-corrected chi connectivity index (χ2v) is 7.47. The van der Waals surface area contributed by atoms with Gasteiger partial charge in [0.25, 0.3) is 0 Å². The fourth-order valence-corrected chi connectivity index (χ4v) is 4.25. The average Bonchev–Trinajstić information content (AvgIpc) is 3.34. The number of fused-ring (bicyclic) bond motifs is 1. The van der Waals surface area contributed by atoms with Crippen molar-refractivity contribution in [3.63, 3.8) is 0 Å². The van der Waals surface area contributed by atoms with E-state index >= 15 is 0 Å². The van der Waals surface area contributed by atoms with Crippen LogP contribution in [0, 0.1) is 5.92 Å². The van der Waals surface area contributed by atoms with Crippen LogP contribution in [0.5, 0.6) is 5.75 Å². The molecular formula is C22H27N3O2. The first kappa shape index (κ1) is 17.9. The number of benzene rings is 2. The van der Waals surface area contributed by atoms with Crippen molar-refractivity contribution in [3.8, 4) is 5.75 Å². The molecule has 2 aliphatic heterocycles. The third-order valence-electron chi connectivity index (χ3n) is 5.88. The predicted molar refractivity (Wildman–Crippen MR) is 107 cm³/mol. The van der Waals surface area contributed by atoms with E-state index in [0.29, 0.717) is 11.8 Å². The van der Waals surface area contributed by atoms with Crippen molar-refractivity contribution < 1.29 is 9.53 Å². The van der Waals surface area contributed by atoms with Crippen LogP contribution < -0.4 is 15.4 Å². The van der Waals surface area contributed by atoms with Gasteiger partial charge >= 0.3 is 6.03 Å². The molecule has 0 radical (unpaired) electrons. The Balaban J connectivity index is 1.45. The number of hydrogen-bond acceptors (Lipinski definition) is 3. The third-order valence-corrected chi connectivity index (χ3v) is 5.88. The topological polar surface area (TPSA) is 53.6 Å². The number of hydrogen-bond donors (Lipinski definition) is 2. The number of amides is 2. The van der Waals surface area contributed by atoms with Crippen molar-refractivity contribution in [2.45, 2.75) is 32.4 Å². The molecule has 5 heteroatoms. The van der Waals surface area contributed by atoms with E-state index in [-0.39, 0.29) is 6.03 Å². The van der Waals surface area contributed by atoms with Crippen LogP contribution >= 0.6 is 0 Å². The SMILES string of the molecule is CC[C@H]1CN(C(=O)Nc2ccc3c(c2)CNC3)C[C@@H]1c1ccc(OC)cc1. The molecule has 1 saturated heterocycles. The smallest absolute Gasteiger partial charge is 0.321 e. The van der Waals surface area contributed by atoms with Crippen LogP contribution in [0.3, 0.4) is 0 Å². The molecule has 2 aliphatic rings. The van der Waals surface area contributed by atoms with Crippen LogP contribution in [-0.2, 0) is 13.1 Å². The zero-order valence-corrected chi connectivity index (χ0v) is 16.0. The summed E-state index contributed by atoms with van der Waals surface area (Å²) in [5.41, 5.74) is 4.75. The van der Waals surface area contributed by atoms with Crippen LogP contribution in [0.4, 0.5) is 10.5 Å². The Labute approximate surface area is 160 Å². The lowest BCUT2D eigenvalue weighted by molar-refractivity contribution is 0.220. The van der Waals surface area contributed by atoms with Gasteiger partial charge < -0.3 is 20.3 Å². The summed E-state index contributed by atoms with van der Waals surface area (Å²) in [7, 11) is 1.68. The van der Waals surface area contributed by atoms with Gasteiger partial charge in [0.05, 0.1) is 7.11 Å². The molecule has 2 amide bonds. The average molecular weight is 365 g/mol. The van der Waals surface area contributed by atoms with Crippen molar-refractivity contribution in [1.82, 2.24) is 10.2 Å². The first-order valence-electron chi connectivity index (χ1n) is 9.70. The largest absolute Gasteiger partial charge is 0.497 e. The molecule has 0 aromatic heterocycles. The molecule has 2 aromatic carbocycles. The van der Waals surface area contributed by atoms with E-state index in [1.807, 2.05) is 23.1 Å². The highest BCUT2D eigenvalue weighted by atomic mass is 16.5. The number of likely N-dealkylation sites (tertiary alicyclic amines) is 1. The summed E-state index contributed by atoms with van der Waals surface area (Å²) in [6.45, 7) is 5.54. The zero-order chi connectivity index (χ0) is 18.8. The minimum atomic E-state index is -0.00429. The molecule has 0 unspecified atom stereocenters. The van der Waals surface area contributed by atoms with Gasteiger partial charge in [-0.2, -0.15) is 0 Å². The van der Waals surface area contributed by atoms with E-state index in [1.54, 1.807) is 7.11 Å². The van der Waals surface area contributed by atoms with E-state index < -0.39 is 0 Å². The number of carbonyl (C=O) groups excluding carboxylic acids is 1. The lowest BCUT2D eigenvalue weighted by atomic mass is 9.87. The standard InChI is InChI=1S/C22H27N3O2/c1-3-15-13-25(14-21(15)16-5-8-20(27-2)9-6-16)22(26)24-19-7-4-17-11-23-12-18(17)10-19/h4-10,15,21,23H,3,11-14H2,1-2H3,(H,24,26)/t15-,21-/m0/s1. The minimum Gasteiger partial charge on any atom is -0.497 e. The molecule has 2 atom stereocenters. The summed E-state index contributed by atoms with van der Waals surface area (Å²) in [5, 5.41) is 6.42. The van der Waals surface area contributed by atoms with Crippen LogP contribution in [0.25, 0.3) is 0 Å². The molecule has 2 heterocycles. The summed E-state index contributed by atoms with van der Waals surface area (Å²) >= 11 is 0. The summed E-state index contributed by atoms with van der Waals surface area (Å²) in [6.07, 6.45) is 1.06. The van der Waals surface area contributed by atoms with Gasteiger partial charge in [-0.1, -0.05) is 31.5 Å². The molecule has 2 aromatic rings. The van der Waals surface area contributed by atoms with Crippen molar-refractivity contribution in [2.75, 3.05) is 25.5 Å². The Morgan fingerprint density at radius 1 is 1.15 bits per heavy atom. The van der Waals surface area contributed by atoms with Gasteiger partial charge in [-0.05, 0) is 46.9 Å². The van der Waals surface area contributed by atoms with Gasteiger partial charge in [-0.15, -0.1) is 0 Å². The highest BCUT2D eigenvalue weighted by Gasteiger charge is 2.35. The van der Waals surface area contributed by atoms with Crippen LogP contribution in [-0.4, -0.2) is 31.1 Å². The van der Waals surface area contributed by atoms with Gasteiger partial charge in [0.2, 0.25) is 0 Å². The Morgan fingerprint density at radius 3 is 2.67 bits per heavy atom. The van der Waals surface area contributed by atoms with Gasteiger partial charge in [0, 0.05) is 37.8 Å². The van der Waals surface area contributed by atoms with E-state index in [0.717, 1.165) is 44.0 Å². The summed E-state index contributed by atoms with van der Waals surface area (Å²) < 4.78 is 5.26. The monoisotopic (exact) mass is 365 g/mol. The number of rotatable bonds is 4. The number of ether oxygens (including phenoxy) is 1. The fraction of sp³-hybridized carbons (Fsp3) is 0.409. The number of nitrogens with zero attached hydrogens (tertiary/aromatic N) is 1. The van der Waals surface area contributed by atoms with Crippen molar-refractivity contribution in [3.05, 3.63) is 59.2 Å². The van der Waals surface area contributed by atoms with E-state index in [9.17, 15) is 4.79 Å². The number of carbonyl (C=O) groups is 1. The van der Waals surface area contributed by atoms with Gasteiger partial charge in [0.1, 0.15) is 5.75 Å². The second kappa shape index (κ2) is 7.61. The molecule has 2 N–H and O–H groups in total. The molecule has 0 saturated carbocycles. The van der Waals surface area contributed by atoms with Crippen molar-refractivity contribution >= 4 is 11.7 Å². The number of urea groups is 1. The molecule has 0 bridgehead atoms. The van der Waals surface area contributed by atoms with Gasteiger partial charge in [0.15, 0.2) is 0 Å². The number of methoxy groups -OCH3 is 1. The Morgan fingerprint density at radius 2 is 1.93 bits per heavy atom. The molecule has 0 spiro atoms. The lowest BCUT2D eigenvalue weighted by Crippen LogP contribution is -2.33. The molecule has 1 fully saturated rings. The molecule has 142 valence electrons. The number of anilines is 1. The molecule has 27 heavy (non-hydrogen) atoms. The van der Waals surface area contributed by atoms with E-state index in [2.05, 4.69) is 41.8 Å². The fourth-order valence-electron chi connectivity index (χ4n) is 4.25. The Hall–Kier alpha value is -2.53. The summed E-state index contributed by atoms with van der Waals surface area (Å²) in [5.74, 6) is 1.72. The zero-order valence-electron chi connectivity index (χ0n) is 16.0. The Kier molecular flexibility index (Phi) is 5.03. The quantitative estimate of drug-likeness (QED) is 0.862. The summed E-state index contributed by atoms with van der Waals surface area (Å²) in [4.78, 5) is 14.8. The van der Waals surface area contributed by atoms with Crippen LogP contribution in [0.15, 0.2) is 42.5 Å². The molecule has 0 aliphatic carbocycles. The second-order valence-electron chi connectivity index (χ2n) is 7.47. The third kappa shape index (κ3) is 3.65. The van der Waals surface area contributed by atoms with Crippen LogP contribution in [0.2, 0.25) is 0 Å². The molecular weight excluding hydrogens is 338 g/mol. The first-order chi connectivity index (χ1) is 13.2. The maximum atomic E-state index is 12.8. The lowest BCUT2D eigenvalue weighted by Gasteiger charge is -2.18. The van der Waals surface area contributed by atoms with E-state index in [4.69, 9.17) is 4.74 Å². The highest BCUT2D eigenvalue weighted by Crippen LogP contribution is 2.35. The van der Waals surface area contributed by atoms with Gasteiger partial charge in [-0.3, -0.25) is 0 Å². The van der Waals surface area contributed by atoms with E-state index in [1.165, 1.54) is 16.7 Å². The predicted octanol–water partition coefficient (Wildman–Crippen LogP) is 3.96.